The molecule has 0 aliphatic heterocycles. The highest BCUT2D eigenvalue weighted by molar-refractivity contribution is 6.01. The van der Waals surface area contributed by atoms with Crippen molar-refractivity contribution >= 4 is 11.8 Å². The number of aromatic nitrogens is 1. The Kier molecular flexibility index (Phi) is 4.56. The molecule has 1 aromatic heterocycles. The third-order valence-corrected chi connectivity index (χ3v) is 3.47. The van der Waals surface area contributed by atoms with Gasteiger partial charge in [-0.2, -0.15) is 0 Å². The Morgan fingerprint density at radius 2 is 1.76 bits per heavy atom. The van der Waals surface area contributed by atoms with Gasteiger partial charge in [0, 0.05) is 5.56 Å². The minimum atomic E-state index is -0.649. The quantitative estimate of drug-likeness (QED) is 0.745. The van der Waals surface area contributed by atoms with Crippen molar-refractivity contribution in [1.29, 1.82) is 0 Å². The van der Waals surface area contributed by atoms with Crippen LogP contribution in [0.15, 0.2) is 59.1 Å². The summed E-state index contributed by atoms with van der Waals surface area (Å²) in [7, 11) is 0. The molecule has 0 aliphatic carbocycles. The number of benzene rings is 2. The Hall–Kier alpha value is -3.48. The van der Waals surface area contributed by atoms with Gasteiger partial charge in [0.05, 0.1) is 23.9 Å². The summed E-state index contributed by atoms with van der Waals surface area (Å²) in [6.07, 6.45) is 1.39. The molecule has 0 saturated carbocycles. The summed E-state index contributed by atoms with van der Waals surface area (Å²) in [6, 6.07) is 12.8. The molecule has 2 amide bonds. The second-order valence-electron chi connectivity index (χ2n) is 5.20. The van der Waals surface area contributed by atoms with Crippen molar-refractivity contribution in [3.63, 3.8) is 0 Å². The lowest BCUT2D eigenvalue weighted by Crippen LogP contribution is -2.33. The Balaban J connectivity index is 1.94. The normalized spacial score (nSPS) is 10.4. The van der Waals surface area contributed by atoms with Gasteiger partial charge in [-0.05, 0) is 24.3 Å². The zero-order valence-electron chi connectivity index (χ0n) is 13.0. The first-order chi connectivity index (χ1) is 12.1. The fraction of sp³-hybridized carbons (Fsp3) is 0.0556. The molecule has 3 rings (SSSR count). The average molecular weight is 339 g/mol. The number of rotatable bonds is 5. The molecule has 3 N–H and O–H groups in total. The van der Waals surface area contributed by atoms with Gasteiger partial charge < -0.3 is 15.5 Å². The number of amides is 2. The zero-order chi connectivity index (χ0) is 17.8. The van der Waals surface area contributed by atoms with E-state index in [1.807, 2.05) is 0 Å². The number of halogens is 1. The van der Waals surface area contributed by atoms with E-state index in [9.17, 15) is 14.0 Å². The predicted octanol–water partition coefficient (Wildman–Crippen LogP) is 2.36. The maximum absolute atomic E-state index is 13.9. The molecule has 0 atom stereocenters. The molecular formula is C18H14FN3O3. The van der Waals surface area contributed by atoms with Gasteiger partial charge in [-0.1, -0.05) is 24.3 Å². The van der Waals surface area contributed by atoms with Crippen LogP contribution in [0.25, 0.3) is 22.8 Å². The molecule has 0 spiro atoms. The van der Waals surface area contributed by atoms with Crippen molar-refractivity contribution in [2.45, 2.75) is 0 Å². The van der Waals surface area contributed by atoms with Crippen molar-refractivity contribution in [1.82, 2.24) is 10.3 Å². The van der Waals surface area contributed by atoms with Crippen molar-refractivity contribution in [3.05, 3.63) is 66.1 Å². The van der Waals surface area contributed by atoms with Crippen LogP contribution in [0.4, 0.5) is 4.39 Å². The van der Waals surface area contributed by atoms with Crippen molar-refractivity contribution in [2.24, 2.45) is 5.73 Å². The number of carbonyl (C=O) groups excluding carboxylic acids is 2. The molecule has 0 saturated heterocycles. The summed E-state index contributed by atoms with van der Waals surface area (Å²) in [6.45, 7) is -0.279. The summed E-state index contributed by atoms with van der Waals surface area (Å²) in [4.78, 5) is 27.2. The van der Waals surface area contributed by atoms with E-state index in [0.29, 0.717) is 5.56 Å². The van der Waals surface area contributed by atoms with E-state index in [2.05, 4.69) is 10.3 Å². The fourth-order valence-corrected chi connectivity index (χ4v) is 2.31. The van der Waals surface area contributed by atoms with Gasteiger partial charge in [0.15, 0.2) is 5.76 Å². The largest absolute Gasteiger partial charge is 0.436 e. The minimum Gasteiger partial charge on any atom is -0.436 e. The number of hydrogen-bond acceptors (Lipinski definition) is 4. The number of primary amides is 1. The lowest BCUT2D eigenvalue weighted by molar-refractivity contribution is -0.117. The molecule has 0 radical (unpaired) electrons. The van der Waals surface area contributed by atoms with Gasteiger partial charge in [-0.15, -0.1) is 0 Å². The van der Waals surface area contributed by atoms with Crippen LogP contribution < -0.4 is 11.1 Å². The number of nitrogens with two attached hydrogens (primary N) is 1. The van der Waals surface area contributed by atoms with Gasteiger partial charge in [-0.25, -0.2) is 9.37 Å². The van der Waals surface area contributed by atoms with Gasteiger partial charge in [0.2, 0.25) is 11.8 Å². The summed E-state index contributed by atoms with van der Waals surface area (Å²) >= 11 is 0. The number of hydrogen-bond donors (Lipinski definition) is 2. The Morgan fingerprint density at radius 3 is 2.48 bits per heavy atom. The van der Waals surface area contributed by atoms with Gasteiger partial charge in [-0.3, -0.25) is 9.59 Å². The minimum absolute atomic E-state index is 0.170. The Labute approximate surface area is 142 Å². The van der Waals surface area contributed by atoms with E-state index in [-0.39, 0.29) is 29.3 Å². The Morgan fingerprint density at radius 1 is 1.08 bits per heavy atom. The van der Waals surface area contributed by atoms with E-state index >= 15 is 0 Å². The SMILES string of the molecule is NC(=O)CNC(=O)c1ccccc1-c1ncc(-c2ccccc2F)o1. The molecule has 0 bridgehead atoms. The average Bonchev–Trinajstić information content (AvgIpc) is 3.09. The number of carbonyl (C=O) groups is 2. The van der Waals surface area contributed by atoms with E-state index < -0.39 is 17.6 Å². The van der Waals surface area contributed by atoms with E-state index in [1.54, 1.807) is 42.5 Å². The standard InChI is InChI=1S/C18H14FN3O3/c19-14-8-4-3-7-13(14)15-9-22-18(25-15)12-6-2-1-5-11(12)17(24)21-10-16(20)23/h1-9H,10H2,(H2,20,23)(H,21,24). The monoisotopic (exact) mass is 339 g/mol. The van der Waals surface area contributed by atoms with Crippen LogP contribution in [0.2, 0.25) is 0 Å². The number of oxazole rings is 1. The molecule has 126 valence electrons. The smallest absolute Gasteiger partial charge is 0.252 e. The lowest BCUT2D eigenvalue weighted by Gasteiger charge is -2.06. The number of nitrogens with one attached hydrogen (secondary N) is 1. The lowest BCUT2D eigenvalue weighted by atomic mass is 10.1. The van der Waals surface area contributed by atoms with Gasteiger partial charge in [0.1, 0.15) is 5.82 Å². The molecular weight excluding hydrogens is 325 g/mol. The molecule has 0 aliphatic rings. The van der Waals surface area contributed by atoms with Crippen molar-refractivity contribution in [2.75, 3.05) is 6.54 Å². The topological polar surface area (TPSA) is 98.2 Å². The van der Waals surface area contributed by atoms with E-state index in [4.69, 9.17) is 10.2 Å². The van der Waals surface area contributed by atoms with Crippen LogP contribution in [0.1, 0.15) is 10.4 Å². The second kappa shape index (κ2) is 6.96. The van der Waals surface area contributed by atoms with Crippen LogP contribution in [-0.2, 0) is 4.79 Å². The second-order valence-corrected chi connectivity index (χ2v) is 5.20. The molecule has 7 heteroatoms. The fourth-order valence-electron chi connectivity index (χ4n) is 2.31. The Bertz CT molecular complexity index is 937. The highest BCUT2D eigenvalue weighted by Gasteiger charge is 2.18. The third kappa shape index (κ3) is 3.55. The van der Waals surface area contributed by atoms with Crippen molar-refractivity contribution < 1.29 is 18.4 Å². The van der Waals surface area contributed by atoms with Crippen LogP contribution >= 0.6 is 0 Å². The highest BCUT2D eigenvalue weighted by Crippen LogP contribution is 2.29. The van der Waals surface area contributed by atoms with Crippen LogP contribution in [0.3, 0.4) is 0 Å². The molecule has 1 heterocycles. The molecule has 0 fully saturated rings. The summed E-state index contributed by atoms with van der Waals surface area (Å²) in [5.74, 6) is -1.15. The third-order valence-electron chi connectivity index (χ3n) is 3.47. The van der Waals surface area contributed by atoms with Crippen molar-refractivity contribution in [3.8, 4) is 22.8 Å². The van der Waals surface area contributed by atoms with Crippen LogP contribution in [-0.4, -0.2) is 23.3 Å². The summed E-state index contributed by atoms with van der Waals surface area (Å²) in [5.41, 5.74) is 6.00. The molecule has 25 heavy (non-hydrogen) atoms. The first-order valence-electron chi connectivity index (χ1n) is 7.43. The maximum Gasteiger partial charge on any atom is 0.252 e. The van der Waals surface area contributed by atoms with Crippen LogP contribution in [0, 0.1) is 5.82 Å². The summed E-state index contributed by atoms with van der Waals surface area (Å²) < 4.78 is 19.5. The van der Waals surface area contributed by atoms with Crippen LogP contribution in [0.5, 0.6) is 0 Å². The van der Waals surface area contributed by atoms with Gasteiger partial charge >= 0.3 is 0 Å². The van der Waals surface area contributed by atoms with E-state index in [1.165, 1.54) is 12.3 Å². The molecule has 6 nitrogen and oxygen atoms in total. The number of nitrogens with zero attached hydrogens (tertiary/aromatic N) is 1. The summed E-state index contributed by atoms with van der Waals surface area (Å²) in [5, 5.41) is 2.41. The molecule has 3 aromatic rings. The first-order valence-corrected chi connectivity index (χ1v) is 7.43. The maximum atomic E-state index is 13.9. The van der Waals surface area contributed by atoms with Gasteiger partial charge in [0.25, 0.3) is 5.91 Å². The first kappa shape index (κ1) is 16.4. The predicted molar refractivity (Wildman–Crippen MR) is 88.9 cm³/mol. The molecule has 2 aromatic carbocycles. The molecule has 0 unspecified atom stereocenters. The highest BCUT2D eigenvalue weighted by atomic mass is 19.1. The van der Waals surface area contributed by atoms with E-state index in [0.717, 1.165) is 0 Å². The zero-order valence-corrected chi connectivity index (χ0v) is 13.0.